The molecule has 0 aliphatic heterocycles. The third-order valence-corrected chi connectivity index (χ3v) is 5.04. The highest BCUT2D eigenvalue weighted by Gasteiger charge is 2.17. The molecule has 0 spiro atoms. The van der Waals surface area contributed by atoms with Crippen LogP contribution >= 0.6 is 34.8 Å². The minimum atomic E-state index is -0.359. The summed E-state index contributed by atoms with van der Waals surface area (Å²) >= 11 is 18.5. The molecule has 140 valence electrons. The first kappa shape index (κ1) is 18.7. The molecule has 2 aromatic carbocycles. The lowest BCUT2D eigenvalue weighted by Gasteiger charge is -2.10. The lowest BCUT2D eigenvalue weighted by molar-refractivity contribution is 0.0944. The Morgan fingerprint density at radius 3 is 2.61 bits per heavy atom. The van der Waals surface area contributed by atoms with E-state index in [9.17, 15) is 4.79 Å². The van der Waals surface area contributed by atoms with Crippen LogP contribution in [-0.2, 0) is 6.54 Å². The van der Waals surface area contributed by atoms with Gasteiger partial charge in [-0.25, -0.2) is 0 Å². The van der Waals surface area contributed by atoms with E-state index in [0.29, 0.717) is 31.8 Å². The van der Waals surface area contributed by atoms with Crippen LogP contribution in [0.4, 0.5) is 0 Å². The van der Waals surface area contributed by atoms with E-state index in [1.54, 1.807) is 30.3 Å². The summed E-state index contributed by atoms with van der Waals surface area (Å²) in [5.41, 5.74) is 2.78. The van der Waals surface area contributed by atoms with E-state index in [1.165, 1.54) is 10.8 Å². The Bertz CT molecular complexity index is 1190. The van der Waals surface area contributed by atoms with Crippen LogP contribution in [0, 0.1) is 0 Å². The van der Waals surface area contributed by atoms with Gasteiger partial charge in [-0.2, -0.15) is 9.61 Å². The van der Waals surface area contributed by atoms with Crippen molar-refractivity contribution in [3.63, 3.8) is 0 Å². The first-order valence-corrected chi connectivity index (χ1v) is 9.34. The number of aromatic nitrogens is 4. The smallest absolute Gasteiger partial charge is 0.272 e. The molecule has 1 N–H and O–H groups in total. The Kier molecular flexibility index (Phi) is 5.17. The molecule has 0 aliphatic carbocycles. The molecule has 2 heterocycles. The fourth-order valence-corrected chi connectivity index (χ4v) is 3.46. The number of carbonyl (C=O) groups excluding carboxylic acids is 1. The van der Waals surface area contributed by atoms with Gasteiger partial charge in [0.2, 0.25) is 0 Å². The summed E-state index contributed by atoms with van der Waals surface area (Å²) in [6, 6.07) is 14.0. The molecule has 0 saturated carbocycles. The molecule has 4 rings (SSSR count). The second kappa shape index (κ2) is 7.75. The van der Waals surface area contributed by atoms with Crippen LogP contribution in [0.25, 0.3) is 16.8 Å². The van der Waals surface area contributed by atoms with Crippen molar-refractivity contribution in [1.29, 1.82) is 0 Å². The van der Waals surface area contributed by atoms with Crippen LogP contribution in [0.3, 0.4) is 0 Å². The summed E-state index contributed by atoms with van der Waals surface area (Å²) in [6.07, 6.45) is 1.42. The van der Waals surface area contributed by atoms with Gasteiger partial charge >= 0.3 is 0 Å². The molecule has 0 atom stereocenters. The molecule has 28 heavy (non-hydrogen) atoms. The Morgan fingerprint density at radius 2 is 1.82 bits per heavy atom. The van der Waals surface area contributed by atoms with Gasteiger partial charge in [0.05, 0.1) is 5.02 Å². The third-order valence-electron chi connectivity index (χ3n) is 4.12. The molecular formula is C19H12Cl3N5O. The number of halogens is 3. The minimum absolute atomic E-state index is 0.195. The largest absolute Gasteiger partial charge is 0.347 e. The van der Waals surface area contributed by atoms with E-state index >= 15 is 0 Å². The van der Waals surface area contributed by atoms with Crippen LogP contribution in [0.5, 0.6) is 0 Å². The average molecular weight is 433 g/mol. The van der Waals surface area contributed by atoms with Gasteiger partial charge in [0.1, 0.15) is 12.0 Å². The fraction of sp³-hybridized carbons (Fsp3) is 0.0526. The zero-order chi connectivity index (χ0) is 19.7. The predicted octanol–water partition coefficient (Wildman–Crippen LogP) is 4.68. The van der Waals surface area contributed by atoms with Gasteiger partial charge in [-0.1, -0.05) is 59.1 Å². The van der Waals surface area contributed by atoms with E-state index in [-0.39, 0.29) is 18.1 Å². The Balaban J connectivity index is 1.70. The number of benzene rings is 2. The molecular weight excluding hydrogens is 421 g/mol. The predicted molar refractivity (Wildman–Crippen MR) is 109 cm³/mol. The van der Waals surface area contributed by atoms with E-state index in [0.717, 1.165) is 5.56 Å². The number of nitrogens with one attached hydrogen (secondary N) is 1. The minimum Gasteiger partial charge on any atom is -0.347 e. The van der Waals surface area contributed by atoms with Gasteiger partial charge in [-0.3, -0.25) is 4.79 Å². The van der Waals surface area contributed by atoms with Crippen LogP contribution < -0.4 is 5.32 Å². The highest BCUT2D eigenvalue weighted by Crippen LogP contribution is 2.32. The van der Waals surface area contributed by atoms with Gasteiger partial charge in [-0.05, 0) is 29.8 Å². The zero-order valence-electron chi connectivity index (χ0n) is 14.2. The van der Waals surface area contributed by atoms with E-state index in [1.807, 2.05) is 18.2 Å². The fourth-order valence-electron chi connectivity index (χ4n) is 2.75. The number of fused-ring (bicyclic) bond motifs is 1. The Labute approximate surface area is 175 Å². The van der Waals surface area contributed by atoms with Crippen molar-refractivity contribution >= 4 is 46.4 Å². The molecule has 4 aromatic rings. The first-order chi connectivity index (χ1) is 13.5. The number of rotatable bonds is 4. The molecule has 1 amide bonds. The summed E-state index contributed by atoms with van der Waals surface area (Å²) in [5, 5.41) is 16.6. The van der Waals surface area contributed by atoms with Gasteiger partial charge < -0.3 is 5.32 Å². The van der Waals surface area contributed by atoms with E-state index < -0.39 is 0 Å². The van der Waals surface area contributed by atoms with Crippen LogP contribution in [0.2, 0.25) is 15.1 Å². The van der Waals surface area contributed by atoms with Crippen molar-refractivity contribution in [3.05, 3.63) is 81.2 Å². The van der Waals surface area contributed by atoms with Crippen LogP contribution in [-0.4, -0.2) is 25.7 Å². The highest BCUT2D eigenvalue weighted by molar-refractivity contribution is 6.36. The molecule has 0 bridgehead atoms. The highest BCUT2D eigenvalue weighted by atomic mass is 35.5. The van der Waals surface area contributed by atoms with Crippen molar-refractivity contribution < 1.29 is 4.79 Å². The molecule has 0 saturated heterocycles. The van der Waals surface area contributed by atoms with Gasteiger partial charge in [-0.15, -0.1) is 10.2 Å². The molecule has 0 unspecified atom stereocenters. The van der Waals surface area contributed by atoms with Crippen molar-refractivity contribution in [3.8, 4) is 11.1 Å². The Hall–Kier alpha value is -2.67. The van der Waals surface area contributed by atoms with Gasteiger partial charge in [0.15, 0.2) is 5.65 Å². The normalized spacial score (nSPS) is 11.0. The SMILES string of the molecule is O=C(NCc1ccccc1Cl)c1cc(-c2ccc(Cl)cc2Cl)c2nncn2n1. The monoisotopic (exact) mass is 431 g/mol. The third kappa shape index (κ3) is 3.67. The molecule has 9 heteroatoms. The second-order valence-corrected chi connectivity index (χ2v) is 7.19. The summed E-state index contributed by atoms with van der Waals surface area (Å²) in [5.74, 6) is -0.359. The van der Waals surface area contributed by atoms with Crippen molar-refractivity contribution in [2.45, 2.75) is 6.54 Å². The Morgan fingerprint density at radius 1 is 1.00 bits per heavy atom. The second-order valence-electron chi connectivity index (χ2n) is 5.94. The van der Waals surface area contributed by atoms with E-state index in [4.69, 9.17) is 34.8 Å². The van der Waals surface area contributed by atoms with Crippen LogP contribution in [0.15, 0.2) is 54.9 Å². The lowest BCUT2D eigenvalue weighted by Crippen LogP contribution is -2.24. The number of hydrogen-bond acceptors (Lipinski definition) is 4. The maximum atomic E-state index is 12.7. The number of nitrogens with zero attached hydrogens (tertiary/aromatic N) is 4. The van der Waals surface area contributed by atoms with Gasteiger partial charge in [0, 0.05) is 27.7 Å². The molecule has 0 fully saturated rings. The first-order valence-electron chi connectivity index (χ1n) is 8.21. The number of amides is 1. The molecule has 0 radical (unpaired) electrons. The maximum Gasteiger partial charge on any atom is 0.272 e. The van der Waals surface area contributed by atoms with E-state index in [2.05, 4.69) is 20.6 Å². The van der Waals surface area contributed by atoms with Crippen molar-refractivity contribution in [2.24, 2.45) is 0 Å². The van der Waals surface area contributed by atoms with Gasteiger partial charge in [0.25, 0.3) is 5.91 Å². The standard InChI is InChI=1S/C19H12Cl3N5O/c20-12-5-6-13(16(22)7-12)14-8-17(26-27-10-24-25-18(14)27)19(28)23-9-11-3-1-2-4-15(11)21/h1-8,10H,9H2,(H,23,28). The summed E-state index contributed by atoms with van der Waals surface area (Å²) in [7, 11) is 0. The zero-order valence-corrected chi connectivity index (χ0v) is 16.5. The summed E-state index contributed by atoms with van der Waals surface area (Å²) in [4.78, 5) is 12.7. The maximum absolute atomic E-state index is 12.7. The lowest BCUT2D eigenvalue weighted by atomic mass is 10.1. The molecule has 6 nitrogen and oxygen atoms in total. The quantitative estimate of drug-likeness (QED) is 0.508. The average Bonchev–Trinajstić information content (AvgIpc) is 3.15. The summed E-state index contributed by atoms with van der Waals surface area (Å²) < 4.78 is 1.44. The molecule has 0 aliphatic rings. The summed E-state index contributed by atoms with van der Waals surface area (Å²) in [6.45, 7) is 0.275. The van der Waals surface area contributed by atoms with Crippen LogP contribution in [0.1, 0.15) is 16.1 Å². The number of hydrogen-bond donors (Lipinski definition) is 1. The number of carbonyl (C=O) groups is 1. The topological polar surface area (TPSA) is 72.2 Å². The molecule has 2 aromatic heterocycles. The van der Waals surface area contributed by atoms with Crippen molar-refractivity contribution in [1.82, 2.24) is 25.1 Å². The van der Waals surface area contributed by atoms with Crippen molar-refractivity contribution in [2.75, 3.05) is 0 Å².